The zero-order chi connectivity index (χ0) is 25.0. The highest BCUT2D eigenvalue weighted by Crippen LogP contribution is 2.28. The van der Waals surface area contributed by atoms with Crippen molar-refractivity contribution in [1.29, 1.82) is 0 Å². The highest BCUT2D eigenvalue weighted by atomic mass is 16.5. The molecule has 0 fully saturated rings. The van der Waals surface area contributed by atoms with Crippen molar-refractivity contribution in [3.63, 3.8) is 0 Å². The first-order valence-corrected chi connectivity index (χ1v) is 12.2. The molecule has 0 saturated heterocycles. The highest BCUT2D eigenvalue weighted by molar-refractivity contribution is 5.89. The van der Waals surface area contributed by atoms with E-state index in [0.29, 0.717) is 13.1 Å². The van der Waals surface area contributed by atoms with Crippen LogP contribution in [-0.4, -0.2) is 31.1 Å². The van der Waals surface area contributed by atoms with Gasteiger partial charge in [-0.1, -0.05) is 103 Å². The second-order valence-corrected chi connectivity index (χ2v) is 8.58. The number of benzene rings is 4. The largest absolute Gasteiger partial charge is 0.497 e. The van der Waals surface area contributed by atoms with Gasteiger partial charge in [0.25, 0.3) is 0 Å². The Hall–Kier alpha value is -4.31. The van der Waals surface area contributed by atoms with Gasteiger partial charge < -0.3 is 15.0 Å². The van der Waals surface area contributed by atoms with Gasteiger partial charge in [0, 0.05) is 24.7 Å². The van der Waals surface area contributed by atoms with Crippen LogP contribution in [0.15, 0.2) is 121 Å². The lowest BCUT2D eigenvalue weighted by atomic mass is 9.88. The molecular formula is C32H32N2O2. The molecule has 0 aliphatic heterocycles. The van der Waals surface area contributed by atoms with Crippen LogP contribution < -0.4 is 10.1 Å². The number of anilines is 1. The molecule has 0 saturated carbocycles. The lowest BCUT2D eigenvalue weighted by molar-refractivity contribution is 0.216. The Morgan fingerprint density at radius 3 is 1.92 bits per heavy atom. The van der Waals surface area contributed by atoms with E-state index < -0.39 is 0 Å². The Labute approximate surface area is 213 Å². The molecular weight excluding hydrogens is 444 g/mol. The molecule has 0 heterocycles. The van der Waals surface area contributed by atoms with Crippen LogP contribution in [0, 0.1) is 0 Å². The lowest BCUT2D eigenvalue weighted by Gasteiger charge is -2.25. The number of rotatable bonds is 10. The number of amides is 2. The van der Waals surface area contributed by atoms with E-state index in [-0.39, 0.29) is 11.9 Å². The number of carbonyl (C=O) groups excluding carboxylic acids is 1. The lowest BCUT2D eigenvalue weighted by Crippen LogP contribution is -2.36. The topological polar surface area (TPSA) is 41.6 Å². The van der Waals surface area contributed by atoms with Gasteiger partial charge in [-0.25, -0.2) is 4.79 Å². The van der Waals surface area contributed by atoms with Crippen molar-refractivity contribution >= 4 is 17.8 Å². The van der Waals surface area contributed by atoms with Crippen molar-refractivity contribution < 1.29 is 9.53 Å². The molecule has 4 rings (SSSR count). The minimum Gasteiger partial charge on any atom is -0.497 e. The second-order valence-electron chi connectivity index (χ2n) is 8.58. The van der Waals surface area contributed by atoms with Crippen LogP contribution in [0.4, 0.5) is 10.5 Å². The summed E-state index contributed by atoms with van der Waals surface area (Å²) in [6.07, 6.45) is 4.91. The van der Waals surface area contributed by atoms with E-state index in [0.717, 1.165) is 23.4 Å². The Bertz CT molecular complexity index is 1180. The maximum absolute atomic E-state index is 13.3. The quantitative estimate of drug-likeness (QED) is 0.258. The second kappa shape index (κ2) is 13.0. The van der Waals surface area contributed by atoms with E-state index in [1.807, 2.05) is 65.6 Å². The van der Waals surface area contributed by atoms with Gasteiger partial charge in [-0.3, -0.25) is 0 Å². The fourth-order valence-electron chi connectivity index (χ4n) is 4.21. The third kappa shape index (κ3) is 7.09. The minimum atomic E-state index is -0.127. The maximum atomic E-state index is 13.3. The number of nitrogens with zero attached hydrogens (tertiary/aromatic N) is 1. The standard InChI is InChI=1S/C32H32N2O2/c1-36-30-21-19-29(20-22-30)33-32(35)34(24-11-14-26-12-5-2-6-13-26)25-23-31(27-15-7-3-8-16-27)28-17-9-4-10-18-28/h2-22,31H,23-25H2,1H3,(H,33,35)/b14-11-. The molecule has 4 aromatic rings. The van der Waals surface area contributed by atoms with Gasteiger partial charge in [0.15, 0.2) is 0 Å². The first kappa shape index (κ1) is 24.8. The summed E-state index contributed by atoms with van der Waals surface area (Å²) >= 11 is 0. The van der Waals surface area contributed by atoms with Crippen molar-refractivity contribution in [2.75, 3.05) is 25.5 Å². The van der Waals surface area contributed by atoms with Crippen LogP contribution in [0.25, 0.3) is 6.08 Å². The van der Waals surface area contributed by atoms with Crippen molar-refractivity contribution in [1.82, 2.24) is 4.90 Å². The van der Waals surface area contributed by atoms with E-state index in [9.17, 15) is 4.79 Å². The van der Waals surface area contributed by atoms with Gasteiger partial charge in [0.2, 0.25) is 0 Å². The zero-order valence-electron chi connectivity index (χ0n) is 20.6. The van der Waals surface area contributed by atoms with Gasteiger partial charge in [0.05, 0.1) is 7.11 Å². The van der Waals surface area contributed by atoms with Crippen LogP contribution in [0.5, 0.6) is 5.75 Å². The van der Waals surface area contributed by atoms with E-state index in [1.54, 1.807) is 7.11 Å². The van der Waals surface area contributed by atoms with Crippen LogP contribution in [0.2, 0.25) is 0 Å². The third-order valence-corrected chi connectivity index (χ3v) is 6.16. The van der Waals surface area contributed by atoms with Crippen molar-refractivity contribution in [2.45, 2.75) is 12.3 Å². The van der Waals surface area contributed by atoms with Crippen LogP contribution in [0.1, 0.15) is 29.0 Å². The fraction of sp³-hybridized carbons (Fsp3) is 0.156. The number of methoxy groups -OCH3 is 1. The summed E-state index contributed by atoms with van der Waals surface area (Å²) in [6.45, 7) is 1.11. The zero-order valence-corrected chi connectivity index (χ0v) is 20.6. The summed E-state index contributed by atoms with van der Waals surface area (Å²) in [5.41, 5.74) is 4.35. The summed E-state index contributed by atoms with van der Waals surface area (Å²) in [5.74, 6) is 0.950. The molecule has 1 N–H and O–H groups in total. The summed E-state index contributed by atoms with van der Waals surface area (Å²) in [6, 6.07) is 38.4. The van der Waals surface area contributed by atoms with Crippen molar-refractivity contribution in [3.8, 4) is 5.75 Å². The predicted molar refractivity (Wildman–Crippen MR) is 148 cm³/mol. The SMILES string of the molecule is COc1ccc(NC(=O)N(C/C=C\c2ccccc2)CCC(c2ccccc2)c2ccccc2)cc1. The molecule has 4 aromatic carbocycles. The molecule has 182 valence electrons. The Balaban J connectivity index is 1.52. The van der Waals surface area contributed by atoms with Crippen LogP contribution in [-0.2, 0) is 0 Å². The molecule has 0 aliphatic carbocycles. The van der Waals surface area contributed by atoms with E-state index in [4.69, 9.17) is 4.74 Å². The van der Waals surface area contributed by atoms with E-state index in [1.165, 1.54) is 11.1 Å². The summed E-state index contributed by atoms with van der Waals surface area (Å²) < 4.78 is 5.23. The molecule has 0 spiro atoms. The van der Waals surface area contributed by atoms with Crippen molar-refractivity contribution in [3.05, 3.63) is 138 Å². The number of nitrogens with one attached hydrogen (secondary N) is 1. The van der Waals surface area contributed by atoms with E-state index >= 15 is 0 Å². The Morgan fingerprint density at radius 2 is 1.36 bits per heavy atom. The van der Waals surface area contributed by atoms with Gasteiger partial charge in [-0.2, -0.15) is 0 Å². The van der Waals surface area contributed by atoms with Crippen LogP contribution >= 0.6 is 0 Å². The Kier molecular flexibility index (Phi) is 8.93. The molecule has 0 aromatic heterocycles. The average molecular weight is 477 g/mol. The molecule has 0 unspecified atom stereocenters. The molecule has 0 aliphatic rings. The van der Waals surface area contributed by atoms with Crippen molar-refractivity contribution in [2.24, 2.45) is 0 Å². The fourth-order valence-corrected chi connectivity index (χ4v) is 4.21. The number of carbonyl (C=O) groups is 1. The number of ether oxygens (including phenoxy) is 1. The van der Waals surface area contributed by atoms with Gasteiger partial charge in [0.1, 0.15) is 5.75 Å². The minimum absolute atomic E-state index is 0.127. The predicted octanol–water partition coefficient (Wildman–Crippen LogP) is 7.46. The molecule has 2 amide bonds. The van der Waals surface area contributed by atoms with Gasteiger partial charge in [-0.15, -0.1) is 0 Å². The summed E-state index contributed by atoms with van der Waals surface area (Å²) in [4.78, 5) is 15.2. The number of urea groups is 1. The van der Waals surface area contributed by atoms with E-state index in [2.05, 4.69) is 72.1 Å². The molecule has 36 heavy (non-hydrogen) atoms. The molecule has 4 heteroatoms. The molecule has 0 atom stereocenters. The highest BCUT2D eigenvalue weighted by Gasteiger charge is 2.18. The molecule has 0 bridgehead atoms. The first-order chi connectivity index (χ1) is 17.7. The summed E-state index contributed by atoms with van der Waals surface area (Å²) in [5, 5.41) is 3.04. The monoisotopic (exact) mass is 476 g/mol. The van der Waals surface area contributed by atoms with Crippen LogP contribution in [0.3, 0.4) is 0 Å². The van der Waals surface area contributed by atoms with Gasteiger partial charge in [-0.05, 0) is 47.4 Å². The smallest absolute Gasteiger partial charge is 0.322 e. The first-order valence-electron chi connectivity index (χ1n) is 12.2. The average Bonchev–Trinajstić information content (AvgIpc) is 2.94. The number of hydrogen-bond donors (Lipinski definition) is 1. The normalized spacial score (nSPS) is 10.9. The number of hydrogen-bond acceptors (Lipinski definition) is 2. The maximum Gasteiger partial charge on any atom is 0.322 e. The summed E-state index contributed by atoms with van der Waals surface area (Å²) in [7, 11) is 1.63. The Morgan fingerprint density at radius 1 is 0.806 bits per heavy atom. The molecule has 0 radical (unpaired) electrons. The third-order valence-electron chi connectivity index (χ3n) is 6.16. The van der Waals surface area contributed by atoms with Gasteiger partial charge >= 0.3 is 6.03 Å². The molecule has 4 nitrogen and oxygen atoms in total.